The fourth-order valence-corrected chi connectivity index (χ4v) is 1.75. The van der Waals surface area contributed by atoms with Gasteiger partial charge in [-0.2, -0.15) is 15.4 Å². The highest BCUT2D eigenvalue weighted by Crippen LogP contribution is 2.52. The Hall–Kier alpha value is -1.53. The molecule has 14 heavy (non-hydrogen) atoms. The first-order valence-corrected chi connectivity index (χ1v) is 4.00. The SMILES string of the molecule is NC(=O)C1(c2cn[nH]n2)CC(F)(F)C1. The van der Waals surface area contributed by atoms with E-state index in [9.17, 15) is 13.6 Å². The van der Waals surface area contributed by atoms with Crippen molar-refractivity contribution in [2.24, 2.45) is 5.73 Å². The normalized spacial score (nSPS) is 22.7. The molecular weight excluding hydrogens is 194 g/mol. The first-order valence-electron chi connectivity index (χ1n) is 4.00. The van der Waals surface area contributed by atoms with Crippen LogP contribution in [0.1, 0.15) is 18.5 Å². The lowest BCUT2D eigenvalue weighted by Crippen LogP contribution is -2.57. The van der Waals surface area contributed by atoms with Gasteiger partial charge in [0.1, 0.15) is 5.41 Å². The van der Waals surface area contributed by atoms with Crippen LogP contribution in [0.3, 0.4) is 0 Å². The van der Waals surface area contributed by atoms with Gasteiger partial charge in [-0.15, -0.1) is 0 Å². The predicted octanol–water partition coefficient (Wildman–Crippen LogP) is -0.0431. The van der Waals surface area contributed by atoms with Gasteiger partial charge in [0.25, 0.3) is 5.92 Å². The average molecular weight is 202 g/mol. The minimum absolute atomic E-state index is 0.191. The smallest absolute Gasteiger partial charge is 0.251 e. The van der Waals surface area contributed by atoms with Crippen molar-refractivity contribution >= 4 is 5.91 Å². The second-order valence-electron chi connectivity index (χ2n) is 3.51. The van der Waals surface area contributed by atoms with E-state index in [4.69, 9.17) is 5.73 Å². The Balaban J connectivity index is 2.32. The molecule has 2 rings (SSSR count). The van der Waals surface area contributed by atoms with Crippen LogP contribution >= 0.6 is 0 Å². The van der Waals surface area contributed by atoms with Crippen molar-refractivity contribution in [1.82, 2.24) is 15.4 Å². The van der Waals surface area contributed by atoms with Gasteiger partial charge in [0.2, 0.25) is 5.91 Å². The number of amides is 1. The first kappa shape index (κ1) is 9.04. The quantitative estimate of drug-likeness (QED) is 0.705. The molecule has 7 heteroatoms. The summed E-state index contributed by atoms with van der Waals surface area (Å²) in [5.41, 5.74) is 3.94. The molecule has 0 bridgehead atoms. The molecule has 0 saturated heterocycles. The van der Waals surface area contributed by atoms with E-state index in [0.717, 1.165) is 0 Å². The average Bonchev–Trinajstić information content (AvgIpc) is 2.50. The molecule has 0 unspecified atom stereocenters. The molecule has 1 aliphatic carbocycles. The second kappa shape index (κ2) is 2.49. The Bertz CT molecular complexity index is 354. The Morgan fingerprint density at radius 3 is 2.57 bits per heavy atom. The van der Waals surface area contributed by atoms with Crippen LogP contribution in [0.2, 0.25) is 0 Å². The van der Waals surface area contributed by atoms with Gasteiger partial charge in [-0.05, 0) is 0 Å². The standard InChI is InChI=1S/C7H8F2N4O/c8-7(9)2-6(3-7,5(10)14)4-1-11-13-12-4/h1H,2-3H2,(H2,10,14)(H,11,12,13). The number of aromatic amines is 1. The van der Waals surface area contributed by atoms with E-state index in [-0.39, 0.29) is 5.69 Å². The molecule has 1 fully saturated rings. The summed E-state index contributed by atoms with van der Waals surface area (Å²) in [6, 6.07) is 0. The van der Waals surface area contributed by atoms with Crippen LogP contribution in [0.4, 0.5) is 8.78 Å². The van der Waals surface area contributed by atoms with E-state index in [1.54, 1.807) is 0 Å². The topological polar surface area (TPSA) is 84.7 Å². The maximum absolute atomic E-state index is 12.7. The van der Waals surface area contributed by atoms with E-state index < -0.39 is 30.1 Å². The Morgan fingerprint density at radius 1 is 1.57 bits per heavy atom. The zero-order valence-corrected chi connectivity index (χ0v) is 7.13. The van der Waals surface area contributed by atoms with Gasteiger partial charge in [-0.3, -0.25) is 4.79 Å². The molecule has 1 aliphatic rings. The number of nitrogens with two attached hydrogens (primary N) is 1. The Kier molecular flexibility index (Phi) is 1.61. The summed E-state index contributed by atoms with van der Waals surface area (Å²) >= 11 is 0. The number of hydrogen-bond donors (Lipinski definition) is 2. The monoisotopic (exact) mass is 202 g/mol. The molecule has 5 nitrogen and oxygen atoms in total. The molecule has 0 aliphatic heterocycles. The lowest BCUT2D eigenvalue weighted by Gasteiger charge is -2.43. The van der Waals surface area contributed by atoms with Gasteiger partial charge < -0.3 is 5.73 Å². The molecular formula is C7H8F2N4O. The zero-order chi connectivity index (χ0) is 10.4. The number of nitrogens with one attached hydrogen (secondary N) is 1. The molecule has 3 N–H and O–H groups in total. The number of H-pyrrole nitrogens is 1. The molecule has 1 saturated carbocycles. The van der Waals surface area contributed by atoms with E-state index in [0.29, 0.717) is 0 Å². The van der Waals surface area contributed by atoms with E-state index >= 15 is 0 Å². The minimum atomic E-state index is -2.83. The lowest BCUT2D eigenvalue weighted by atomic mass is 9.63. The number of carbonyl (C=O) groups excluding carboxylic acids is 1. The summed E-state index contributed by atoms with van der Waals surface area (Å²) in [5, 5.41) is 9.37. The summed E-state index contributed by atoms with van der Waals surface area (Å²) in [6.45, 7) is 0. The van der Waals surface area contributed by atoms with Crippen molar-refractivity contribution in [3.05, 3.63) is 11.9 Å². The van der Waals surface area contributed by atoms with Crippen LogP contribution < -0.4 is 5.73 Å². The molecule has 0 radical (unpaired) electrons. The Morgan fingerprint density at radius 2 is 2.21 bits per heavy atom. The number of primary amides is 1. The third-order valence-corrected chi connectivity index (χ3v) is 2.50. The van der Waals surface area contributed by atoms with Gasteiger partial charge in [-0.1, -0.05) is 0 Å². The number of rotatable bonds is 2. The molecule has 0 aromatic carbocycles. The van der Waals surface area contributed by atoms with E-state index in [1.807, 2.05) is 0 Å². The van der Waals surface area contributed by atoms with E-state index in [1.165, 1.54) is 6.20 Å². The molecule has 1 amide bonds. The highest BCUT2D eigenvalue weighted by molar-refractivity contribution is 5.87. The van der Waals surface area contributed by atoms with Gasteiger partial charge in [-0.25, -0.2) is 8.78 Å². The number of alkyl halides is 2. The van der Waals surface area contributed by atoms with Gasteiger partial charge >= 0.3 is 0 Å². The number of aromatic nitrogens is 3. The van der Waals surface area contributed by atoms with Crippen molar-refractivity contribution in [2.45, 2.75) is 24.2 Å². The molecule has 76 valence electrons. The van der Waals surface area contributed by atoms with Gasteiger partial charge in [0.05, 0.1) is 11.9 Å². The first-order chi connectivity index (χ1) is 6.46. The van der Waals surface area contributed by atoms with Crippen LogP contribution in [-0.2, 0) is 10.2 Å². The van der Waals surface area contributed by atoms with Gasteiger partial charge in [0.15, 0.2) is 0 Å². The number of halogens is 2. The van der Waals surface area contributed by atoms with Gasteiger partial charge in [0, 0.05) is 12.8 Å². The highest BCUT2D eigenvalue weighted by Gasteiger charge is 2.62. The molecule has 1 heterocycles. The van der Waals surface area contributed by atoms with Crippen LogP contribution in [0.5, 0.6) is 0 Å². The summed E-state index contributed by atoms with van der Waals surface area (Å²) in [6.07, 6.45) is 0.0870. The molecule has 0 atom stereocenters. The van der Waals surface area contributed by atoms with Crippen molar-refractivity contribution < 1.29 is 13.6 Å². The fraction of sp³-hybridized carbons (Fsp3) is 0.571. The zero-order valence-electron chi connectivity index (χ0n) is 7.13. The summed E-state index contributed by atoms with van der Waals surface area (Å²) < 4.78 is 25.4. The third-order valence-electron chi connectivity index (χ3n) is 2.50. The third kappa shape index (κ3) is 1.08. The maximum Gasteiger partial charge on any atom is 0.251 e. The minimum Gasteiger partial charge on any atom is -0.369 e. The van der Waals surface area contributed by atoms with Crippen LogP contribution in [-0.4, -0.2) is 27.2 Å². The van der Waals surface area contributed by atoms with Crippen molar-refractivity contribution in [3.63, 3.8) is 0 Å². The molecule has 1 aromatic rings. The predicted molar refractivity (Wildman–Crippen MR) is 41.4 cm³/mol. The molecule has 1 aromatic heterocycles. The van der Waals surface area contributed by atoms with Crippen LogP contribution in [0.15, 0.2) is 6.20 Å². The fourth-order valence-electron chi connectivity index (χ4n) is 1.75. The number of carbonyl (C=O) groups is 1. The number of nitrogens with zero attached hydrogens (tertiary/aromatic N) is 2. The highest BCUT2D eigenvalue weighted by atomic mass is 19.3. The van der Waals surface area contributed by atoms with Crippen LogP contribution in [0.25, 0.3) is 0 Å². The van der Waals surface area contributed by atoms with Crippen molar-refractivity contribution in [1.29, 1.82) is 0 Å². The van der Waals surface area contributed by atoms with E-state index in [2.05, 4.69) is 15.4 Å². The largest absolute Gasteiger partial charge is 0.369 e. The number of hydrogen-bond acceptors (Lipinski definition) is 3. The lowest BCUT2D eigenvalue weighted by molar-refractivity contribution is -0.156. The summed E-state index contributed by atoms with van der Waals surface area (Å²) in [5.74, 6) is -3.61. The van der Waals surface area contributed by atoms with Crippen LogP contribution in [0, 0.1) is 0 Å². The maximum atomic E-state index is 12.7. The summed E-state index contributed by atoms with van der Waals surface area (Å²) in [4.78, 5) is 11.1. The van der Waals surface area contributed by atoms with Crippen molar-refractivity contribution in [2.75, 3.05) is 0 Å². The second-order valence-corrected chi connectivity index (χ2v) is 3.51. The molecule has 0 spiro atoms. The summed E-state index contributed by atoms with van der Waals surface area (Å²) in [7, 11) is 0. The Labute approximate surface area is 77.7 Å². The van der Waals surface area contributed by atoms with Crippen molar-refractivity contribution in [3.8, 4) is 0 Å².